The molecular formula is C23H39IN4O4. The van der Waals surface area contributed by atoms with Crippen molar-refractivity contribution in [2.45, 2.75) is 64.8 Å². The van der Waals surface area contributed by atoms with Crippen LogP contribution in [-0.4, -0.2) is 62.7 Å². The molecule has 1 saturated heterocycles. The van der Waals surface area contributed by atoms with Crippen LogP contribution in [0.3, 0.4) is 0 Å². The number of hydrogen-bond acceptors (Lipinski definition) is 5. The lowest BCUT2D eigenvalue weighted by molar-refractivity contribution is 0.0347. The Hall–Kier alpha value is -1.59. The number of benzene rings is 1. The summed E-state index contributed by atoms with van der Waals surface area (Å²) in [6.45, 7) is 12.7. The Morgan fingerprint density at radius 1 is 1.25 bits per heavy atom. The molecule has 32 heavy (non-hydrogen) atoms. The number of ether oxygens (including phenoxy) is 3. The zero-order chi connectivity index (χ0) is 22.7. The monoisotopic (exact) mass is 562 g/mol. The molecule has 1 amide bonds. The molecule has 0 bridgehead atoms. The second-order valence-corrected chi connectivity index (χ2v) is 8.69. The normalized spacial score (nSPS) is 18.3. The highest BCUT2D eigenvalue weighted by Gasteiger charge is 2.21. The van der Waals surface area contributed by atoms with Crippen LogP contribution in [0.2, 0.25) is 0 Å². The van der Waals surface area contributed by atoms with Gasteiger partial charge in [0.2, 0.25) is 0 Å². The van der Waals surface area contributed by atoms with Crippen LogP contribution in [-0.2, 0) is 14.2 Å². The van der Waals surface area contributed by atoms with Gasteiger partial charge in [0.1, 0.15) is 5.60 Å². The Bertz CT molecular complexity index is 691. The molecule has 1 fully saturated rings. The summed E-state index contributed by atoms with van der Waals surface area (Å²) in [5.74, 6) is 0.674. The number of rotatable bonds is 9. The largest absolute Gasteiger partial charge is 0.444 e. The van der Waals surface area contributed by atoms with E-state index in [0.717, 1.165) is 25.1 Å². The Kier molecular flexibility index (Phi) is 12.9. The van der Waals surface area contributed by atoms with Gasteiger partial charge < -0.3 is 30.2 Å². The maximum atomic E-state index is 12.4. The molecule has 0 aliphatic carbocycles. The first kappa shape index (κ1) is 28.4. The van der Waals surface area contributed by atoms with Gasteiger partial charge in [-0.05, 0) is 46.6 Å². The van der Waals surface area contributed by atoms with E-state index in [1.807, 2.05) is 58.0 Å². The molecule has 1 aliphatic heterocycles. The lowest BCUT2D eigenvalue weighted by Crippen LogP contribution is -2.45. The minimum Gasteiger partial charge on any atom is -0.444 e. The first-order valence-corrected chi connectivity index (χ1v) is 11.1. The number of nitrogens with zero attached hydrogens (tertiary/aromatic N) is 1. The lowest BCUT2D eigenvalue weighted by atomic mass is 10.1. The summed E-state index contributed by atoms with van der Waals surface area (Å²) in [4.78, 5) is 17.1. The molecule has 8 nitrogen and oxygen atoms in total. The summed E-state index contributed by atoms with van der Waals surface area (Å²) >= 11 is 0. The number of guanidine groups is 1. The van der Waals surface area contributed by atoms with Gasteiger partial charge in [0.15, 0.2) is 5.96 Å². The van der Waals surface area contributed by atoms with E-state index < -0.39 is 11.7 Å². The van der Waals surface area contributed by atoms with Crippen LogP contribution in [0.25, 0.3) is 0 Å². The Labute approximate surface area is 209 Å². The molecule has 0 saturated carbocycles. The van der Waals surface area contributed by atoms with Gasteiger partial charge in [-0.25, -0.2) is 4.79 Å². The number of nitrogens with one attached hydrogen (secondary N) is 3. The van der Waals surface area contributed by atoms with Gasteiger partial charge >= 0.3 is 6.09 Å². The summed E-state index contributed by atoms with van der Waals surface area (Å²) in [6.07, 6.45) is 0.648. The third-order valence-electron chi connectivity index (χ3n) is 4.52. The summed E-state index contributed by atoms with van der Waals surface area (Å²) in [6, 6.07) is 9.54. The maximum absolute atomic E-state index is 12.4. The fourth-order valence-electron chi connectivity index (χ4n) is 3.07. The molecular weight excluding hydrogens is 523 g/mol. The maximum Gasteiger partial charge on any atom is 0.408 e. The first-order chi connectivity index (χ1) is 14.8. The van der Waals surface area contributed by atoms with E-state index in [1.54, 1.807) is 0 Å². The minimum absolute atomic E-state index is 0. The van der Waals surface area contributed by atoms with Crippen LogP contribution in [0, 0.1) is 0 Å². The van der Waals surface area contributed by atoms with Crippen molar-refractivity contribution >= 4 is 36.0 Å². The fourth-order valence-corrected chi connectivity index (χ4v) is 3.07. The topological polar surface area (TPSA) is 93.2 Å². The molecule has 1 heterocycles. The number of carbonyl (C=O) groups excluding carboxylic acids is 1. The number of aliphatic imine (C=N–C) groups is 1. The van der Waals surface area contributed by atoms with Gasteiger partial charge in [0, 0.05) is 19.2 Å². The van der Waals surface area contributed by atoms with Crippen LogP contribution in [0.5, 0.6) is 0 Å². The fraction of sp³-hybridized carbons (Fsp3) is 0.652. The average Bonchev–Trinajstić information content (AvgIpc) is 3.22. The van der Waals surface area contributed by atoms with Crippen LogP contribution in [0.15, 0.2) is 35.3 Å². The number of halogens is 1. The molecule has 1 aromatic carbocycles. The Morgan fingerprint density at radius 2 is 1.97 bits per heavy atom. The highest BCUT2D eigenvalue weighted by Crippen LogP contribution is 2.15. The van der Waals surface area contributed by atoms with Crippen LogP contribution in [0.4, 0.5) is 4.79 Å². The van der Waals surface area contributed by atoms with E-state index >= 15 is 0 Å². The Morgan fingerprint density at radius 3 is 2.56 bits per heavy atom. The summed E-state index contributed by atoms with van der Waals surface area (Å²) in [7, 11) is 0. The van der Waals surface area contributed by atoms with E-state index in [9.17, 15) is 4.79 Å². The highest BCUT2D eigenvalue weighted by molar-refractivity contribution is 14.0. The predicted octanol–water partition coefficient (Wildman–Crippen LogP) is 3.62. The van der Waals surface area contributed by atoms with Gasteiger partial charge in [0.05, 0.1) is 31.9 Å². The highest BCUT2D eigenvalue weighted by atomic mass is 127. The molecule has 1 aliphatic rings. The van der Waals surface area contributed by atoms with Gasteiger partial charge in [-0.3, -0.25) is 4.99 Å². The quantitative estimate of drug-likeness (QED) is 0.242. The van der Waals surface area contributed by atoms with Crippen molar-refractivity contribution in [3.8, 4) is 0 Å². The van der Waals surface area contributed by atoms with Crippen molar-refractivity contribution in [2.75, 3.05) is 32.9 Å². The van der Waals surface area contributed by atoms with Crippen molar-refractivity contribution in [1.82, 2.24) is 16.0 Å². The van der Waals surface area contributed by atoms with Crippen LogP contribution in [0.1, 0.15) is 52.6 Å². The zero-order valence-electron chi connectivity index (χ0n) is 19.8. The molecule has 3 unspecified atom stereocenters. The molecule has 0 radical (unpaired) electrons. The lowest BCUT2D eigenvalue weighted by Gasteiger charge is -2.24. The minimum atomic E-state index is -0.565. The van der Waals surface area contributed by atoms with Gasteiger partial charge in [0.25, 0.3) is 0 Å². The number of alkyl carbamates (subject to hydrolysis) is 1. The average molecular weight is 562 g/mol. The molecule has 2 rings (SSSR count). The van der Waals surface area contributed by atoms with Crippen LogP contribution < -0.4 is 16.0 Å². The van der Waals surface area contributed by atoms with E-state index in [1.165, 1.54) is 0 Å². The number of amides is 1. The standard InChI is InChI=1S/C23H38N4O4.HI/c1-6-24-21(26-17(2)15-30-19-12-13-29-16-19)25-14-20(18-10-8-7-9-11-18)27-22(28)31-23(3,4)5;/h7-11,17,19-20H,6,12-16H2,1-5H3,(H,27,28)(H2,24,25,26);1H. The van der Waals surface area contributed by atoms with E-state index in [-0.39, 0.29) is 42.2 Å². The van der Waals surface area contributed by atoms with Crippen molar-refractivity contribution in [1.29, 1.82) is 0 Å². The van der Waals surface area contributed by atoms with Gasteiger partial charge in [-0.15, -0.1) is 24.0 Å². The summed E-state index contributed by atoms with van der Waals surface area (Å²) < 4.78 is 16.7. The summed E-state index contributed by atoms with van der Waals surface area (Å²) in [5, 5.41) is 9.56. The molecule has 3 atom stereocenters. The summed E-state index contributed by atoms with van der Waals surface area (Å²) in [5.41, 5.74) is 0.399. The van der Waals surface area contributed by atoms with E-state index in [4.69, 9.17) is 19.2 Å². The van der Waals surface area contributed by atoms with Crippen molar-refractivity contribution in [2.24, 2.45) is 4.99 Å². The number of hydrogen-bond donors (Lipinski definition) is 3. The molecule has 1 aromatic rings. The van der Waals surface area contributed by atoms with E-state index in [0.29, 0.717) is 25.7 Å². The predicted molar refractivity (Wildman–Crippen MR) is 138 cm³/mol. The molecule has 0 aromatic heterocycles. The number of carbonyl (C=O) groups is 1. The van der Waals surface area contributed by atoms with Crippen molar-refractivity contribution in [3.05, 3.63) is 35.9 Å². The second-order valence-electron chi connectivity index (χ2n) is 8.69. The molecule has 182 valence electrons. The second kappa shape index (κ2) is 14.5. The Balaban J connectivity index is 0.00000512. The smallest absolute Gasteiger partial charge is 0.408 e. The van der Waals surface area contributed by atoms with Crippen molar-refractivity contribution < 1.29 is 19.0 Å². The third-order valence-corrected chi connectivity index (χ3v) is 4.52. The van der Waals surface area contributed by atoms with E-state index in [2.05, 4.69) is 22.9 Å². The molecule has 3 N–H and O–H groups in total. The zero-order valence-corrected chi connectivity index (χ0v) is 22.2. The molecule has 0 spiro atoms. The first-order valence-electron chi connectivity index (χ1n) is 11.1. The van der Waals surface area contributed by atoms with Crippen LogP contribution >= 0.6 is 24.0 Å². The van der Waals surface area contributed by atoms with Crippen molar-refractivity contribution in [3.63, 3.8) is 0 Å². The SMILES string of the molecule is CCNC(=NCC(NC(=O)OC(C)(C)C)c1ccccc1)NC(C)COC1CCOC1.I. The van der Waals surface area contributed by atoms with Gasteiger partial charge in [-0.1, -0.05) is 30.3 Å². The molecule has 9 heteroatoms. The van der Waals surface area contributed by atoms with Gasteiger partial charge in [-0.2, -0.15) is 0 Å². The third kappa shape index (κ3) is 11.3.